The van der Waals surface area contributed by atoms with Crippen molar-refractivity contribution in [2.45, 2.75) is 38.3 Å². The summed E-state index contributed by atoms with van der Waals surface area (Å²) in [5.41, 5.74) is -7.02. The smallest absolute Gasteiger partial charge is 0.321 e. The molecular weight excluding hydrogens is 481 g/mol. The molecule has 0 radical (unpaired) electrons. The van der Waals surface area contributed by atoms with E-state index in [-0.39, 0.29) is 40.0 Å². The van der Waals surface area contributed by atoms with Crippen molar-refractivity contribution in [3.63, 3.8) is 0 Å². The molecule has 2 aromatic carbocycles. The first-order chi connectivity index (χ1) is 16.2. The topological polar surface area (TPSA) is 70.7 Å². The Labute approximate surface area is 194 Å². The first kappa shape index (κ1) is 25.7. The van der Waals surface area contributed by atoms with Crippen LogP contribution in [-0.2, 0) is 12.1 Å². The Morgan fingerprint density at radius 3 is 2.26 bits per heavy atom. The summed E-state index contributed by atoms with van der Waals surface area (Å²) in [4.78, 5) is 12.9. The Bertz CT molecular complexity index is 1270. The third-order valence-corrected chi connectivity index (χ3v) is 5.35. The van der Waals surface area contributed by atoms with Crippen LogP contribution in [0.1, 0.15) is 39.5 Å². The number of alkyl halides is 7. The normalized spacial score (nSPS) is 12.3. The Morgan fingerprint density at radius 2 is 1.74 bits per heavy atom. The number of aryl methyl sites for hydroxylation is 2. The minimum absolute atomic E-state index is 0.0436. The highest BCUT2D eigenvalue weighted by Gasteiger charge is 2.73. The fraction of sp³-hybridized carbons (Fsp3) is 0.261. The number of nitriles is 1. The van der Waals surface area contributed by atoms with Gasteiger partial charge < -0.3 is 5.32 Å². The molecule has 0 aliphatic carbocycles. The molecule has 0 saturated carbocycles. The fourth-order valence-electron chi connectivity index (χ4n) is 3.56. The number of carbonyl (C=O) groups is 1. The molecule has 3 aromatic rings. The number of nitrogens with one attached hydrogen (secondary N) is 1. The largest absolute Gasteiger partial charge is 0.435 e. The molecule has 5 nitrogen and oxygen atoms in total. The van der Waals surface area contributed by atoms with Gasteiger partial charge in [-0.1, -0.05) is 13.0 Å². The summed E-state index contributed by atoms with van der Waals surface area (Å²) in [7, 11) is 0. The van der Waals surface area contributed by atoms with Crippen molar-refractivity contribution < 1.29 is 35.5 Å². The predicted molar refractivity (Wildman–Crippen MR) is 112 cm³/mol. The van der Waals surface area contributed by atoms with Crippen LogP contribution in [0.25, 0.3) is 5.69 Å². The molecule has 1 heterocycles. The van der Waals surface area contributed by atoms with Crippen molar-refractivity contribution in [3.05, 3.63) is 76.6 Å². The molecule has 12 heteroatoms. The van der Waals surface area contributed by atoms with E-state index < -0.39 is 29.5 Å². The first-order valence-electron chi connectivity index (χ1n) is 10.1. The Balaban J connectivity index is 2.04. The van der Waals surface area contributed by atoms with E-state index in [2.05, 4.69) is 10.4 Å². The molecule has 1 aromatic heterocycles. The molecule has 0 bridgehead atoms. The SMILES string of the molecule is CCc1cc(C(F)(C(F)(F)F)C(F)(F)F)cc(C)c1NC(=O)c1ccc(C#N)c(-n2cccn2)c1. The molecule has 0 atom stereocenters. The number of rotatable bonds is 5. The lowest BCUT2D eigenvalue weighted by atomic mass is 9.89. The first-order valence-corrected chi connectivity index (χ1v) is 10.1. The third kappa shape index (κ3) is 4.58. The number of hydrogen-bond acceptors (Lipinski definition) is 3. The molecule has 0 aliphatic rings. The van der Waals surface area contributed by atoms with E-state index in [0.29, 0.717) is 12.1 Å². The molecule has 0 saturated heterocycles. The summed E-state index contributed by atoms with van der Waals surface area (Å²) in [5.74, 6) is -0.744. The Kier molecular flexibility index (Phi) is 6.66. The zero-order valence-corrected chi connectivity index (χ0v) is 18.2. The van der Waals surface area contributed by atoms with Gasteiger partial charge in [0.25, 0.3) is 5.91 Å². The van der Waals surface area contributed by atoms with Gasteiger partial charge in [-0.15, -0.1) is 0 Å². The number of anilines is 1. The summed E-state index contributed by atoms with van der Waals surface area (Å²) in [6.45, 7) is 2.60. The molecule has 0 fully saturated rings. The van der Waals surface area contributed by atoms with Crippen LogP contribution in [0.4, 0.5) is 36.4 Å². The van der Waals surface area contributed by atoms with E-state index in [0.717, 1.165) is 0 Å². The van der Waals surface area contributed by atoms with Crippen LogP contribution in [0.5, 0.6) is 0 Å². The van der Waals surface area contributed by atoms with Crippen molar-refractivity contribution in [1.29, 1.82) is 5.26 Å². The second-order valence-electron chi connectivity index (χ2n) is 7.58. The van der Waals surface area contributed by atoms with E-state index in [9.17, 15) is 40.8 Å². The minimum Gasteiger partial charge on any atom is -0.321 e. The summed E-state index contributed by atoms with van der Waals surface area (Å²) in [6.07, 6.45) is -9.60. The van der Waals surface area contributed by atoms with Crippen molar-refractivity contribution in [2.24, 2.45) is 0 Å². The summed E-state index contributed by atoms with van der Waals surface area (Å²) >= 11 is 0. The van der Waals surface area contributed by atoms with Crippen molar-refractivity contribution in [3.8, 4) is 11.8 Å². The van der Waals surface area contributed by atoms with E-state index in [1.165, 1.54) is 42.9 Å². The molecule has 184 valence electrons. The van der Waals surface area contributed by atoms with Crippen LogP contribution in [0.15, 0.2) is 48.8 Å². The van der Waals surface area contributed by atoms with Gasteiger partial charge in [-0.2, -0.15) is 36.7 Å². The third-order valence-electron chi connectivity index (χ3n) is 5.35. The van der Waals surface area contributed by atoms with Crippen molar-refractivity contribution >= 4 is 11.6 Å². The van der Waals surface area contributed by atoms with Crippen LogP contribution in [0.2, 0.25) is 0 Å². The molecule has 1 N–H and O–H groups in total. The van der Waals surface area contributed by atoms with Gasteiger partial charge in [-0.25, -0.2) is 9.07 Å². The van der Waals surface area contributed by atoms with Gasteiger partial charge in [0.15, 0.2) is 0 Å². The number of hydrogen-bond donors (Lipinski definition) is 1. The summed E-state index contributed by atoms with van der Waals surface area (Å²) in [6, 6.07) is 8.49. The number of benzene rings is 2. The van der Waals surface area contributed by atoms with Crippen molar-refractivity contribution in [1.82, 2.24) is 9.78 Å². The molecule has 35 heavy (non-hydrogen) atoms. The van der Waals surface area contributed by atoms with Gasteiger partial charge in [0.05, 0.1) is 11.3 Å². The predicted octanol–water partition coefficient (Wildman–Crippen LogP) is 6.16. The maximum Gasteiger partial charge on any atom is 0.435 e. The molecule has 1 amide bonds. The molecule has 0 aliphatic heterocycles. The standard InChI is InChI=1S/C23H17F7N4O/c1-3-14-10-17(21(24,22(25,26)27)23(28,29)30)9-13(2)19(14)33-20(35)15-5-6-16(12-31)18(11-15)34-8-4-7-32-34/h4-11H,3H2,1-2H3,(H,33,35). The average Bonchev–Trinajstić information content (AvgIpc) is 3.32. The van der Waals surface area contributed by atoms with E-state index in [1.807, 2.05) is 6.07 Å². The van der Waals surface area contributed by atoms with Gasteiger partial charge in [0.1, 0.15) is 6.07 Å². The number of nitrogens with zero attached hydrogens (tertiary/aromatic N) is 3. The Morgan fingerprint density at radius 1 is 1.09 bits per heavy atom. The lowest BCUT2D eigenvalue weighted by Crippen LogP contribution is -2.50. The molecular formula is C23H17F7N4O. The van der Waals surface area contributed by atoms with Crippen LogP contribution < -0.4 is 5.32 Å². The monoisotopic (exact) mass is 498 g/mol. The minimum atomic E-state index is -6.25. The van der Waals surface area contributed by atoms with Gasteiger partial charge >= 0.3 is 18.0 Å². The van der Waals surface area contributed by atoms with E-state index in [4.69, 9.17) is 0 Å². The zero-order chi connectivity index (χ0) is 26.2. The lowest BCUT2D eigenvalue weighted by molar-refractivity contribution is -0.348. The van der Waals surface area contributed by atoms with Crippen LogP contribution in [0, 0.1) is 18.3 Å². The van der Waals surface area contributed by atoms with Crippen molar-refractivity contribution in [2.75, 3.05) is 5.32 Å². The van der Waals surface area contributed by atoms with Crippen LogP contribution in [0.3, 0.4) is 0 Å². The molecule has 0 spiro atoms. The zero-order valence-electron chi connectivity index (χ0n) is 18.2. The summed E-state index contributed by atoms with van der Waals surface area (Å²) in [5, 5.41) is 15.8. The maximum atomic E-state index is 14.6. The van der Waals surface area contributed by atoms with Crippen LogP contribution in [-0.4, -0.2) is 28.0 Å². The Hall–Kier alpha value is -3.88. The van der Waals surface area contributed by atoms with Crippen LogP contribution >= 0.6 is 0 Å². The molecule has 0 unspecified atom stereocenters. The highest BCUT2D eigenvalue weighted by molar-refractivity contribution is 6.05. The second kappa shape index (κ2) is 9.05. The van der Waals surface area contributed by atoms with E-state index >= 15 is 0 Å². The summed E-state index contributed by atoms with van der Waals surface area (Å²) < 4.78 is 95.2. The fourth-order valence-corrected chi connectivity index (χ4v) is 3.56. The number of aromatic nitrogens is 2. The van der Waals surface area contributed by atoms with Gasteiger partial charge in [0.2, 0.25) is 0 Å². The maximum absolute atomic E-state index is 14.6. The highest BCUT2D eigenvalue weighted by atomic mass is 19.4. The quantitative estimate of drug-likeness (QED) is 0.429. The molecule has 3 rings (SSSR count). The number of amides is 1. The number of carbonyl (C=O) groups excluding carboxylic acids is 1. The van der Waals surface area contributed by atoms with E-state index in [1.54, 1.807) is 12.3 Å². The van der Waals surface area contributed by atoms with Gasteiger partial charge in [0, 0.05) is 29.2 Å². The average molecular weight is 498 g/mol. The number of halogens is 7. The lowest BCUT2D eigenvalue weighted by Gasteiger charge is -2.31. The van der Waals surface area contributed by atoms with Gasteiger partial charge in [-0.05, 0) is 54.8 Å². The van der Waals surface area contributed by atoms with Gasteiger partial charge in [-0.3, -0.25) is 4.79 Å². The second-order valence-corrected chi connectivity index (χ2v) is 7.58. The highest BCUT2D eigenvalue weighted by Crippen LogP contribution is 2.53.